The number of likely N-dealkylation sites (N-methyl/N-ethyl adjacent to an activating group) is 1. The Morgan fingerprint density at radius 3 is 3.14 bits per heavy atom. The van der Waals surface area contributed by atoms with E-state index in [0.717, 1.165) is 39.0 Å². The normalized spacial score (nSPS) is 26.0. The van der Waals surface area contributed by atoms with Crippen molar-refractivity contribution < 1.29 is 9.84 Å². The molecule has 0 spiro atoms. The molecule has 1 fully saturated rings. The average molecular weight is 199 g/mol. The number of nitrogens with zero attached hydrogens (tertiary/aromatic N) is 1. The molecule has 1 N–H and O–H groups in total. The van der Waals surface area contributed by atoms with Crippen LogP contribution in [0.4, 0.5) is 0 Å². The van der Waals surface area contributed by atoms with E-state index in [-0.39, 0.29) is 12.2 Å². The molecule has 1 heterocycles. The van der Waals surface area contributed by atoms with Crippen LogP contribution >= 0.6 is 0 Å². The zero-order valence-corrected chi connectivity index (χ0v) is 8.98. The Morgan fingerprint density at radius 1 is 1.71 bits per heavy atom. The first-order valence-electron chi connectivity index (χ1n) is 5.33. The van der Waals surface area contributed by atoms with Crippen LogP contribution in [0.25, 0.3) is 0 Å². The molecule has 0 aromatic heterocycles. The molecule has 0 aliphatic carbocycles. The van der Waals surface area contributed by atoms with E-state index in [9.17, 15) is 5.11 Å². The van der Waals surface area contributed by atoms with Crippen LogP contribution < -0.4 is 0 Å². The molecule has 1 rings (SSSR count). The van der Waals surface area contributed by atoms with E-state index < -0.39 is 0 Å². The second-order valence-electron chi connectivity index (χ2n) is 3.96. The predicted octanol–water partition coefficient (Wildman–Crippen LogP) is 1.03. The van der Waals surface area contributed by atoms with E-state index in [2.05, 4.69) is 18.5 Å². The molecule has 0 saturated carbocycles. The van der Waals surface area contributed by atoms with Crippen molar-refractivity contribution >= 4 is 0 Å². The quantitative estimate of drug-likeness (QED) is 0.530. The number of aliphatic hydroxyl groups excluding tert-OH is 1. The second kappa shape index (κ2) is 6.17. The third-order valence-electron chi connectivity index (χ3n) is 2.63. The third-order valence-corrected chi connectivity index (χ3v) is 2.63. The number of unbranched alkanes of at least 4 members (excludes halogenated alkanes) is 1. The van der Waals surface area contributed by atoms with Crippen molar-refractivity contribution in [2.24, 2.45) is 0 Å². The molecule has 2 unspecified atom stereocenters. The summed E-state index contributed by atoms with van der Waals surface area (Å²) in [4.78, 5) is 2.20. The monoisotopic (exact) mass is 199 g/mol. The van der Waals surface area contributed by atoms with Crippen LogP contribution in [-0.2, 0) is 4.74 Å². The van der Waals surface area contributed by atoms with Gasteiger partial charge in [0.05, 0.1) is 18.8 Å². The predicted molar refractivity (Wildman–Crippen MR) is 57.3 cm³/mol. The maximum atomic E-state index is 9.83. The Labute approximate surface area is 86.4 Å². The smallest absolute Gasteiger partial charge is 0.0960 e. The zero-order chi connectivity index (χ0) is 10.4. The molecule has 82 valence electrons. The van der Waals surface area contributed by atoms with Crippen molar-refractivity contribution in [3.8, 4) is 0 Å². The van der Waals surface area contributed by atoms with Gasteiger partial charge in [-0.05, 0) is 26.3 Å². The van der Waals surface area contributed by atoms with Crippen LogP contribution in [0.5, 0.6) is 0 Å². The molecular formula is C11H21NO2. The van der Waals surface area contributed by atoms with Gasteiger partial charge in [0.15, 0.2) is 0 Å². The van der Waals surface area contributed by atoms with Crippen molar-refractivity contribution in [2.45, 2.75) is 31.5 Å². The lowest BCUT2D eigenvalue weighted by atomic mass is 10.1. The van der Waals surface area contributed by atoms with E-state index in [4.69, 9.17) is 4.74 Å². The molecule has 1 aliphatic rings. The summed E-state index contributed by atoms with van der Waals surface area (Å²) in [6.07, 6.45) is 4.34. The van der Waals surface area contributed by atoms with Gasteiger partial charge in [-0.3, -0.25) is 0 Å². The molecule has 0 bridgehead atoms. The van der Waals surface area contributed by atoms with E-state index in [1.807, 2.05) is 6.08 Å². The van der Waals surface area contributed by atoms with Crippen LogP contribution in [-0.4, -0.2) is 49.0 Å². The number of morpholine rings is 1. The maximum Gasteiger partial charge on any atom is 0.0960 e. The number of aliphatic hydroxyl groups is 1. The highest BCUT2D eigenvalue weighted by molar-refractivity contribution is 4.77. The van der Waals surface area contributed by atoms with Crippen LogP contribution in [0.2, 0.25) is 0 Å². The molecular weight excluding hydrogens is 178 g/mol. The molecule has 3 nitrogen and oxygen atoms in total. The minimum Gasteiger partial charge on any atom is -0.390 e. The van der Waals surface area contributed by atoms with Gasteiger partial charge in [0, 0.05) is 13.1 Å². The number of allylic oxidation sites excluding steroid dienone is 1. The number of rotatable bonds is 5. The highest BCUT2D eigenvalue weighted by Crippen LogP contribution is 2.12. The Morgan fingerprint density at radius 2 is 2.50 bits per heavy atom. The minimum absolute atomic E-state index is 0.00133. The standard InChI is InChI=1S/C11H21NO2/c1-3-4-5-6-10(13)11-9-12(2)7-8-14-11/h3,10-11,13H,1,4-9H2,2H3. The number of hydrogen-bond donors (Lipinski definition) is 1. The second-order valence-corrected chi connectivity index (χ2v) is 3.96. The molecule has 14 heavy (non-hydrogen) atoms. The van der Waals surface area contributed by atoms with Crippen molar-refractivity contribution in [3.05, 3.63) is 12.7 Å². The van der Waals surface area contributed by atoms with Gasteiger partial charge < -0.3 is 14.7 Å². The molecule has 1 saturated heterocycles. The fourth-order valence-corrected chi connectivity index (χ4v) is 1.70. The van der Waals surface area contributed by atoms with Gasteiger partial charge in [-0.2, -0.15) is 0 Å². The van der Waals surface area contributed by atoms with Crippen molar-refractivity contribution in [1.82, 2.24) is 4.90 Å². The van der Waals surface area contributed by atoms with Gasteiger partial charge in [0.2, 0.25) is 0 Å². The largest absolute Gasteiger partial charge is 0.390 e. The van der Waals surface area contributed by atoms with Gasteiger partial charge in [-0.1, -0.05) is 6.08 Å². The summed E-state index contributed by atoms with van der Waals surface area (Å²) in [5.41, 5.74) is 0. The minimum atomic E-state index is -0.322. The van der Waals surface area contributed by atoms with Crippen molar-refractivity contribution in [1.29, 1.82) is 0 Å². The summed E-state index contributed by atoms with van der Waals surface area (Å²) in [6.45, 7) is 6.21. The Balaban J connectivity index is 2.21. The fourth-order valence-electron chi connectivity index (χ4n) is 1.70. The van der Waals surface area contributed by atoms with Gasteiger partial charge in [0.25, 0.3) is 0 Å². The summed E-state index contributed by atoms with van der Waals surface area (Å²) in [5.74, 6) is 0. The highest BCUT2D eigenvalue weighted by Gasteiger charge is 2.24. The van der Waals surface area contributed by atoms with Crippen LogP contribution in [0.15, 0.2) is 12.7 Å². The first-order valence-corrected chi connectivity index (χ1v) is 5.33. The molecule has 1 aliphatic heterocycles. The van der Waals surface area contributed by atoms with Gasteiger partial charge >= 0.3 is 0 Å². The SMILES string of the molecule is C=CCCCC(O)C1CN(C)CCO1. The lowest BCUT2D eigenvalue weighted by Gasteiger charge is -2.32. The van der Waals surface area contributed by atoms with Crippen LogP contribution in [0, 0.1) is 0 Å². The van der Waals surface area contributed by atoms with E-state index in [0.29, 0.717) is 0 Å². The van der Waals surface area contributed by atoms with Gasteiger partial charge in [-0.25, -0.2) is 0 Å². The van der Waals surface area contributed by atoms with Gasteiger partial charge in [0.1, 0.15) is 0 Å². The summed E-state index contributed by atoms with van der Waals surface area (Å²) in [5, 5.41) is 9.83. The molecule has 3 heteroatoms. The Bertz CT molecular complexity index is 173. The molecule has 2 atom stereocenters. The molecule has 0 amide bonds. The number of hydrogen-bond acceptors (Lipinski definition) is 3. The van der Waals surface area contributed by atoms with Crippen molar-refractivity contribution in [2.75, 3.05) is 26.7 Å². The van der Waals surface area contributed by atoms with Crippen LogP contribution in [0.3, 0.4) is 0 Å². The summed E-state index contributed by atoms with van der Waals surface area (Å²) in [6, 6.07) is 0. The van der Waals surface area contributed by atoms with Crippen LogP contribution in [0.1, 0.15) is 19.3 Å². The lowest BCUT2D eigenvalue weighted by Crippen LogP contribution is -2.45. The highest BCUT2D eigenvalue weighted by atomic mass is 16.5. The van der Waals surface area contributed by atoms with E-state index in [1.54, 1.807) is 0 Å². The van der Waals surface area contributed by atoms with E-state index >= 15 is 0 Å². The lowest BCUT2D eigenvalue weighted by molar-refractivity contribution is -0.0852. The fraction of sp³-hybridized carbons (Fsp3) is 0.818. The first kappa shape index (κ1) is 11.7. The Hall–Kier alpha value is -0.380. The number of ether oxygens (including phenoxy) is 1. The molecule has 0 radical (unpaired) electrons. The Kier molecular flexibility index (Phi) is 5.15. The summed E-state index contributed by atoms with van der Waals surface area (Å²) < 4.78 is 5.52. The topological polar surface area (TPSA) is 32.7 Å². The first-order chi connectivity index (χ1) is 6.74. The molecule has 0 aromatic rings. The van der Waals surface area contributed by atoms with Gasteiger partial charge in [-0.15, -0.1) is 6.58 Å². The van der Waals surface area contributed by atoms with E-state index in [1.165, 1.54) is 0 Å². The molecule has 0 aromatic carbocycles. The summed E-state index contributed by atoms with van der Waals surface area (Å²) >= 11 is 0. The summed E-state index contributed by atoms with van der Waals surface area (Å²) in [7, 11) is 2.06. The zero-order valence-electron chi connectivity index (χ0n) is 8.98. The van der Waals surface area contributed by atoms with Crippen molar-refractivity contribution in [3.63, 3.8) is 0 Å². The maximum absolute atomic E-state index is 9.83. The average Bonchev–Trinajstić information content (AvgIpc) is 2.18. The third kappa shape index (κ3) is 3.78.